The molecule has 2 atom stereocenters. The van der Waals surface area contributed by atoms with E-state index >= 15 is 0 Å². The Kier molecular flexibility index (Phi) is 4.63. The van der Waals surface area contributed by atoms with Gasteiger partial charge in [-0.25, -0.2) is 0 Å². The van der Waals surface area contributed by atoms with E-state index in [2.05, 4.69) is 24.1 Å². The summed E-state index contributed by atoms with van der Waals surface area (Å²) < 4.78 is 0. The number of carbonyl (C=O) groups is 1. The number of anilines is 1. The van der Waals surface area contributed by atoms with E-state index in [1.807, 2.05) is 24.8 Å². The zero-order valence-electron chi connectivity index (χ0n) is 12.9. The molecule has 4 heteroatoms. The molecule has 1 N–H and O–H groups in total. The van der Waals surface area contributed by atoms with Crippen LogP contribution >= 0.6 is 0 Å². The van der Waals surface area contributed by atoms with E-state index in [0.717, 1.165) is 30.8 Å². The maximum atomic E-state index is 12.9. The second-order valence-corrected chi connectivity index (χ2v) is 5.74. The molecule has 1 fully saturated rings. The standard InChI is InChI=1S/C16H25N3O/c1-5-17-15-9-11(2)18-10-14(15)16(20)19-12(3)7-6-8-13(19)4/h9-10,12-13H,5-8H2,1-4H3,(H,17,18). The summed E-state index contributed by atoms with van der Waals surface area (Å²) in [6, 6.07) is 2.57. The molecule has 4 nitrogen and oxygen atoms in total. The number of aryl methyl sites for hydroxylation is 1. The Balaban J connectivity index is 2.32. The van der Waals surface area contributed by atoms with Gasteiger partial charge >= 0.3 is 0 Å². The number of rotatable bonds is 3. The number of carbonyl (C=O) groups excluding carboxylic acids is 1. The van der Waals surface area contributed by atoms with Crippen molar-refractivity contribution in [2.24, 2.45) is 0 Å². The summed E-state index contributed by atoms with van der Waals surface area (Å²) in [5.41, 5.74) is 2.52. The van der Waals surface area contributed by atoms with E-state index in [-0.39, 0.29) is 5.91 Å². The lowest BCUT2D eigenvalue weighted by molar-refractivity contribution is 0.0511. The van der Waals surface area contributed by atoms with Crippen LogP contribution in [0, 0.1) is 6.92 Å². The number of likely N-dealkylation sites (tertiary alicyclic amines) is 1. The monoisotopic (exact) mass is 275 g/mol. The molecule has 1 aliphatic rings. The second kappa shape index (κ2) is 6.25. The third-order valence-electron chi connectivity index (χ3n) is 4.07. The third kappa shape index (κ3) is 2.94. The van der Waals surface area contributed by atoms with Gasteiger partial charge in [0, 0.05) is 30.5 Å². The summed E-state index contributed by atoms with van der Waals surface area (Å²) >= 11 is 0. The fourth-order valence-electron chi connectivity index (χ4n) is 3.03. The van der Waals surface area contributed by atoms with E-state index < -0.39 is 0 Å². The van der Waals surface area contributed by atoms with Crippen LogP contribution < -0.4 is 5.32 Å². The van der Waals surface area contributed by atoms with Crippen molar-refractivity contribution in [2.75, 3.05) is 11.9 Å². The van der Waals surface area contributed by atoms with Crippen LogP contribution in [0.4, 0.5) is 5.69 Å². The van der Waals surface area contributed by atoms with Crippen molar-refractivity contribution in [1.29, 1.82) is 0 Å². The molecule has 1 aliphatic heterocycles. The minimum absolute atomic E-state index is 0.105. The maximum Gasteiger partial charge on any atom is 0.258 e. The summed E-state index contributed by atoms with van der Waals surface area (Å²) in [5, 5.41) is 3.28. The van der Waals surface area contributed by atoms with Crippen LogP contribution in [-0.4, -0.2) is 34.4 Å². The van der Waals surface area contributed by atoms with E-state index in [1.54, 1.807) is 6.20 Å². The smallest absolute Gasteiger partial charge is 0.258 e. The van der Waals surface area contributed by atoms with Gasteiger partial charge in [-0.3, -0.25) is 9.78 Å². The molecule has 20 heavy (non-hydrogen) atoms. The Bertz CT molecular complexity index is 477. The molecule has 2 unspecified atom stereocenters. The van der Waals surface area contributed by atoms with Crippen LogP contribution in [0.15, 0.2) is 12.3 Å². The van der Waals surface area contributed by atoms with Gasteiger partial charge in [-0.2, -0.15) is 0 Å². The normalized spacial score (nSPS) is 22.7. The highest BCUT2D eigenvalue weighted by molar-refractivity contribution is 5.99. The van der Waals surface area contributed by atoms with Gasteiger partial charge < -0.3 is 10.2 Å². The third-order valence-corrected chi connectivity index (χ3v) is 4.07. The van der Waals surface area contributed by atoms with Crippen molar-refractivity contribution < 1.29 is 4.79 Å². The first-order valence-corrected chi connectivity index (χ1v) is 7.57. The quantitative estimate of drug-likeness (QED) is 0.921. The average Bonchev–Trinajstić information content (AvgIpc) is 2.39. The highest BCUT2D eigenvalue weighted by Gasteiger charge is 2.30. The Morgan fingerprint density at radius 2 is 2.05 bits per heavy atom. The van der Waals surface area contributed by atoms with Gasteiger partial charge in [0.1, 0.15) is 0 Å². The number of aromatic nitrogens is 1. The fraction of sp³-hybridized carbons (Fsp3) is 0.625. The van der Waals surface area contributed by atoms with Gasteiger partial charge in [0.05, 0.1) is 11.3 Å². The number of pyridine rings is 1. The summed E-state index contributed by atoms with van der Waals surface area (Å²) in [6.45, 7) is 9.07. The zero-order valence-corrected chi connectivity index (χ0v) is 12.9. The summed E-state index contributed by atoms with van der Waals surface area (Å²) in [5.74, 6) is 0.105. The van der Waals surface area contributed by atoms with Gasteiger partial charge in [-0.05, 0) is 53.0 Å². The van der Waals surface area contributed by atoms with Crippen LogP contribution in [0.3, 0.4) is 0 Å². The predicted octanol–water partition coefficient (Wildman–Crippen LogP) is 3.22. The highest BCUT2D eigenvalue weighted by atomic mass is 16.2. The summed E-state index contributed by atoms with van der Waals surface area (Å²) in [6.07, 6.45) is 5.10. The van der Waals surface area contributed by atoms with Crippen molar-refractivity contribution in [3.8, 4) is 0 Å². The average molecular weight is 275 g/mol. The van der Waals surface area contributed by atoms with E-state index in [4.69, 9.17) is 0 Å². The van der Waals surface area contributed by atoms with Crippen molar-refractivity contribution >= 4 is 11.6 Å². The molecule has 0 saturated carbocycles. The molecule has 0 aliphatic carbocycles. The number of piperidine rings is 1. The molecule has 110 valence electrons. The lowest BCUT2D eigenvalue weighted by Crippen LogP contribution is -2.47. The van der Waals surface area contributed by atoms with Gasteiger partial charge in [0.25, 0.3) is 5.91 Å². The Labute approximate surface area is 121 Å². The molecule has 0 radical (unpaired) electrons. The van der Waals surface area contributed by atoms with E-state index in [1.165, 1.54) is 6.42 Å². The molecule has 2 rings (SSSR count). The van der Waals surface area contributed by atoms with Crippen LogP contribution in [0.1, 0.15) is 56.1 Å². The molecule has 0 aromatic carbocycles. The highest BCUT2D eigenvalue weighted by Crippen LogP contribution is 2.27. The van der Waals surface area contributed by atoms with Gasteiger partial charge in [-0.1, -0.05) is 0 Å². The van der Waals surface area contributed by atoms with Crippen molar-refractivity contribution in [1.82, 2.24) is 9.88 Å². The van der Waals surface area contributed by atoms with Crippen molar-refractivity contribution in [3.05, 3.63) is 23.5 Å². The Hall–Kier alpha value is -1.58. The number of nitrogens with one attached hydrogen (secondary N) is 1. The molecule has 1 amide bonds. The van der Waals surface area contributed by atoms with Crippen LogP contribution in [0.25, 0.3) is 0 Å². The van der Waals surface area contributed by atoms with Crippen LogP contribution in [0.5, 0.6) is 0 Å². The summed E-state index contributed by atoms with van der Waals surface area (Å²) in [4.78, 5) is 19.2. The lowest BCUT2D eigenvalue weighted by atomic mass is 9.96. The molecule has 0 spiro atoms. The summed E-state index contributed by atoms with van der Waals surface area (Å²) in [7, 11) is 0. The molecule has 1 aromatic heterocycles. The minimum atomic E-state index is 0.105. The molecule has 1 aromatic rings. The topological polar surface area (TPSA) is 45.2 Å². The number of hydrogen-bond acceptors (Lipinski definition) is 3. The van der Waals surface area contributed by atoms with Crippen LogP contribution in [0.2, 0.25) is 0 Å². The van der Waals surface area contributed by atoms with Gasteiger partial charge in [0.2, 0.25) is 0 Å². The Morgan fingerprint density at radius 3 is 2.65 bits per heavy atom. The van der Waals surface area contributed by atoms with Crippen molar-refractivity contribution in [2.45, 2.75) is 59.0 Å². The second-order valence-electron chi connectivity index (χ2n) is 5.74. The fourth-order valence-corrected chi connectivity index (χ4v) is 3.03. The first kappa shape index (κ1) is 14.8. The Morgan fingerprint density at radius 1 is 1.40 bits per heavy atom. The lowest BCUT2D eigenvalue weighted by Gasteiger charge is -2.39. The van der Waals surface area contributed by atoms with Gasteiger partial charge in [-0.15, -0.1) is 0 Å². The minimum Gasteiger partial charge on any atom is -0.385 e. The predicted molar refractivity (Wildman–Crippen MR) is 82.1 cm³/mol. The number of hydrogen-bond donors (Lipinski definition) is 1. The largest absolute Gasteiger partial charge is 0.385 e. The van der Waals surface area contributed by atoms with E-state index in [9.17, 15) is 4.79 Å². The molecule has 1 saturated heterocycles. The number of nitrogens with zero attached hydrogens (tertiary/aromatic N) is 2. The first-order chi connectivity index (χ1) is 9.54. The SMILES string of the molecule is CCNc1cc(C)ncc1C(=O)N1C(C)CCCC1C. The number of amides is 1. The molecular weight excluding hydrogens is 250 g/mol. The molecule has 0 bridgehead atoms. The maximum absolute atomic E-state index is 12.9. The molecule has 2 heterocycles. The molecular formula is C16H25N3O. The van der Waals surface area contributed by atoms with Crippen LogP contribution in [-0.2, 0) is 0 Å². The van der Waals surface area contributed by atoms with E-state index in [0.29, 0.717) is 17.6 Å². The first-order valence-electron chi connectivity index (χ1n) is 7.57. The van der Waals surface area contributed by atoms with Crippen molar-refractivity contribution in [3.63, 3.8) is 0 Å². The van der Waals surface area contributed by atoms with Gasteiger partial charge in [0.15, 0.2) is 0 Å². The zero-order chi connectivity index (χ0) is 14.7.